The molecule has 2 aliphatic rings. The summed E-state index contributed by atoms with van der Waals surface area (Å²) in [6.07, 6.45) is 3.01. The summed E-state index contributed by atoms with van der Waals surface area (Å²) in [6.45, 7) is 9.44. The van der Waals surface area contributed by atoms with E-state index in [0.717, 1.165) is 29.5 Å². The number of hydrogen-bond donors (Lipinski definition) is 0. The molecule has 7 nitrogen and oxygen atoms in total. The van der Waals surface area contributed by atoms with Crippen LogP contribution in [0.2, 0.25) is 0 Å². The minimum absolute atomic E-state index is 0.0865. The van der Waals surface area contributed by atoms with Gasteiger partial charge >= 0.3 is 0 Å². The zero-order valence-electron chi connectivity index (χ0n) is 19.4. The smallest absolute Gasteiger partial charge is 0.282 e. The van der Waals surface area contributed by atoms with Gasteiger partial charge < -0.3 is 18.9 Å². The van der Waals surface area contributed by atoms with Crippen LogP contribution in [0.3, 0.4) is 0 Å². The Morgan fingerprint density at radius 2 is 1.65 bits per heavy atom. The maximum atomic E-state index is 13.6. The topological polar surface area (TPSA) is 66.5 Å². The van der Waals surface area contributed by atoms with E-state index >= 15 is 0 Å². The first kappa shape index (κ1) is 23.7. The maximum absolute atomic E-state index is 13.6. The molecule has 1 spiro atoms. The van der Waals surface area contributed by atoms with Crippen molar-refractivity contribution in [2.24, 2.45) is 0 Å². The van der Waals surface area contributed by atoms with Crippen molar-refractivity contribution in [2.75, 3.05) is 33.9 Å². The summed E-state index contributed by atoms with van der Waals surface area (Å²) in [5.74, 6) is 0.480. The molecular formula is C24H35NO6. The fourth-order valence-corrected chi connectivity index (χ4v) is 4.69. The predicted octanol–water partition coefficient (Wildman–Crippen LogP) is 4.12. The van der Waals surface area contributed by atoms with E-state index < -0.39 is 5.54 Å². The monoisotopic (exact) mass is 433 g/mol. The molecule has 1 saturated carbocycles. The van der Waals surface area contributed by atoms with E-state index in [9.17, 15) is 4.79 Å². The summed E-state index contributed by atoms with van der Waals surface area (Å²) < 4.78 is 22.9. The Morgan fingerprint density at radius 3 is 2.23 bits per heavy atom. The molecule has 1 aliphatic heterocycles. The normalized spacial score (nSPS) is 23.8. The first-order valence-corrected chi connectivity index (χ1v) is 11.1. The molecule has 1 aromatic rings. The van der Waals surface area contributed by atoms with E-state index in [4.69, 9.17) is 23.8 Å². The molecule has 0 saturated heterocycles. The molecule has 0 bridgehead atoms. The number of amides is 1. The minimum Gasteiger partial charge on any atom is -0.468 e. The van der Waals surface area contributed by atoms with Gasteiger partial charge in [0.2, 0.25) is 0 Å². The van der Waals surface area contributed by atoms with Crippen LogP contribution < -0.4 is 0 Å². The van der Waals surface area contributed by atoms with Crippen LogP contribution in [0.15, 0.2) is 24.0 Å². The van der Waals surface area contributed by atoms with Crippen LogP contribution in [0.25, 0.3) is 5.57 Å². The SMILES string of the molecule is CCOCOC1=C(c2c(C)cccc2C)C(=O)N(OC)C12CCC(OCOCC)CC2. The lowest BCUT2D eigenvalue weighted by molar-refractivity contribution is -0.210. The van der Waals surface area contributed by atoms with E-state index in [0.29, 0.717) is 37.4 Å². The van der Waals surface area contributed by atoms with Crippen LogP contribution in [-0.4, -0.2) is 56.5 Å². The highest BCUT2D eigenvalue weighted by Gasteiger charge is 2.56. The minimum atomic E-state index is -0.668. The molecule has 0 aromatic heterocycles. The summed E-state index contributed by atoms with van der Waals surface area (Å²) in [5.41, 5.74) is 2.88. The summed E-state index contributed by atoms with van der Waals surface area (Å²) in [7, 11) is 1.55. The van der Waals surface area contributed by atoms with Crippen molar-refractivity contribution in [1.82, 2.24) is 5.06 Å². The molecule has 1 amide bonds. The van der Waals surface area contributed by atoms with Crippen LogP contribution in [0, 0.1) is 13.8 Å². The number of hydroxylamine groups is 2. The van der Waals surface area contributed by atoms with Crippen LogP contribution in [0.1, 0.15) is 56.2 Å². The lowest BCUT2D eigenvalue weighted by Crippen LogP contribution is -2.51. The van der Waals surface area contributed by atoms with Crippen molar-refractivity contribution in [2.45, 2.75) is 65.0 Å². The number of rotatable bonds is 10. The second-order valence-corrected chi connectivity index (χ2v) is 8.02. The van der Waals surface area contributed by atoms with Crippen LogP contribution in [0.5, 0.6) is 0 Å². The van der Waals surface area contributed by atoms with Crippen molar-refractivity contribution >= 4 is 11.5 Å². The molecule has 3 rings (SSSR count). The third-order valence-corrected chi connectivity index (χ3v) is 6.19. The number of carbonyl (C=O) groups excluding carboxylic acids is 1. The molecule has 1 aromatic carbocycles. The van der Waals surface area contributed by atoms with Gasteiger partial charge in [0.15, 0.2) is 6.79 Å². The second-order valence-electron chi connectivity index (χ2n) is 8.02. The van der Waals surface area contributed by atoms with Gasteiger partial charge in [-0.15, -0.1) is 0 Å². The zero-order chi connectivity index (χ0) is 22.4. The Hall–Kier alpha value is -1.93. The third-order valence-electron chi connectivity index (χ3n) is 6.19. The standard InChI is InChI=1S/C24H35NO6/c1-6-28-15-30-19-11-13-24(14-12-19)22(31-16-29-7-2)21(23(26)25(24)27-5)20-17(3)9-8-10-18(20)4/h8-10,19H,6-7,11-16H2,1-5H3. The molecule has 0 radical (unpaired) electrons. The molecule has 7 heteroatoms. The van der Waals surface area contributed by atoms with Crippen LogP contribution >= 0.6 is 0 Å². The highest BCUT2D eigenvalue weighted by atomic mass is 16.7. The number of ether oxygens (including phenoxy) is 4. The molecule has 1 heterocycles. The van der Waals surface area contributed by atoms with E-state index in [-0.39, 0.29) is 25.6 Å². The quantitative estimate of drug-likeness (QED) is 0.408. The molecule has 0 N–H and O–H groups in total. The molecule has 31 heavy (non-hydrogen) atoms. The average molecular weight is 434 g/mol. The van der Waals surface area contributed by atoms with Crippen molar-refractivity contribution in [3.05, 3.63) is 40.6 Å². The number of aryl methyl sites for hydroxylation is 2. The van der Waals surface area contributed by atoms with Gasteiger partial charge in [0.05, 0.1) is 18.8 Å². The number of carbonyl (C=O) groups is 1. The molecule has 1 aliphatic carbocycles. The molecule has 1 fully saturated rings. The van der Waals surface area contributed by atoms with Crippen molar-refractivity contribution < 1.29 is 28.6 Å². The zero-order valence-corrected chi connectivity index (χ0v) is 19.4. The van der Waals surface area contributed by atoms with E-state index in [1.54, 1.807) is 7.11 Å². The molecule has 0 atom stereocenters. The van der Waals surface area contributed by atoms with E-state index in [1.807, 2.05) is 45.9 Å². The van der Waals surface area contributed by atoms with Gasteiger partial charge in [-0.25, -0.2) is 5.06 Å². The highest BCUT2D eigenvalue weighted by molar-refractivity contribution is 6.23. The Balaban J connectivity index is 2.00. The summed E-state index contributed by atoms with van der Waals surface area (Å²) in [4.78, 5) is 19.3. The van der Waals surface area contributed by atoms with Gasteiger partial charge in [-0.3, -0.25) is 9.63 Å². The van der Waals surface area contributed by atoms with E-state index in [2.05, 4.69) is 0 Å². The van der Waals surface area contributed by atoms with Gasteiger partial charge in [-0.2, -0.15) is 0 Å². The van der Waals surface area contributed by atoms with Crippen LogP contribution in [-0.2, 0) is 28.6 Å². The Labute approximate surface area is 185 Å². The van der Waals surface area contributed by atoms with Crippen molar-refractivity contribution in [3.63, 3.8) is 0 Å². The Kier molecular flexibility index (Phi) is 8.11. The summed E-state index contributed by atoms with van der Waals surface area (Å²) in [5, 5.41) is 1.51. The second kappa shape index (κ2) is 10.6. The molecular weight excluding hydrogens is 398 g/mol. The average Bonchev–Trinajstić information content (AvgIpc) is 2.97. The van der Waals surface area contributed by atoms with Crippen molar-refractivity contribution in [3.8, 4) is 0 Å². The summed E-state index contributed by atoms with van der Waals surface area (Å²) in [6, 6.07) is 6.03. The highest BCUT2D eigenvalue weighted by Crippen LogP contribution is 2.50. The first-order chi connectivity index (χ1) is 15.0. The Bertz CT molecular complexity index is 777. The van der Waals surface area contributed by atoms with Crippen molar-refractivity contribution in [1.29, 1.82) is 0 Å². The molecule has 0 unspecified atom stereocenters. The number of hydrogen-bond acceptors (Lipinski definition) is 6. The lowest BCUT2D eigenvalue weighted by atomic mass is 9.78. The molecule has 172 valence electrons. The van der Waals surface area contributed by atoms with Gasteiger partial charge in [0.1, 0.15) is 18.1 Å². The first-order valence-electron chi connectivity index (χ1n) is 11.1. The number of nitrogens with zero attached hydrogens (tertiary/aromatic N) is 1. The predicted molar refractivity (Wildman–Crippen MR) is 117 cm³/mol. The third kappa shape index (κ3) is 4.65. The maximum Gasteiger partial charge on any atom is 0.282 e. The largest absolute Gasteiger partial charge is 0.468 e. The number of benzene rings is 1. The van der Waals surface area contributed by atoms with Crippen LogP contribution in [0.4, 0.5) is 0 Å². The lowest BCUT2D eigenvalue weighted by Gasteiger charge is -2.42. The fraction of sp³-hybridized carbons (Fsp3) is 0.625. The fourth-order valence-electron chi connectivity index (χ4n) is 4.69. The Morgan fingerprint density at radius 1 is 1.03 bits per heavy atom. The van der Waals surface area contributed by atoms with Gasteiger partial charge in [-0.1, -0.05) is 18.2 Å². The summed E-state index contributed by atoms with van der Waals surface area (Å²) >= 11 is 0. The van der Waals surface area contributed by atoms with Gasteiger partial charge in [0, 0.05) is 13.2 Å². The van der Waals surface area contributed by atoms with Gasteiger partial charge in [-0.05, 0) is 70.1 Å². The van der Waals surface area contributed by atoms with Gasteiger partial charge in [0.25, 0.3) is 5.91 Å². The van der Waals surface area contributed by atoms with E-state index in [1.165, 1.54) is 5.06 Å².